The van der Waals surface area contributed by atoms with E-state index < -0.39 is 0 Å². The van der Waals surface area contributed by atoms with Gasteiger partial charge in [-0.3, -0.25) is 9.13 Å². The lowest BCUT2D eigenvalue weighted by atomic mass is 10.1. The summed E-state index contributed by atoms with van der Waals surface area (Å²) >= 11 is 4.34. The summed E-state index contributed by atoms with van der Waals surface area (Å²) in [5.41, 5.74) is 0.424. The van der Waals surface area contributed by atoms with Crippen LogP contribution in [0.25, 0.3) is 0 Å². The molecule has 0 radical (unpaired) electrons. The highest BCUT2D eigenvalue weighted by Crippen LogP contribution is 2.47. The molecule has 3 nitrogen and oxygen atoms in total. The van der Waals surface area contributed by atoms with Gasteiger partial charge in [0, 0.05) is 25.5 Å². The molecule has 0 spiro atoms. The van der Waals surface area contributed by atoms with E-state index in [9.17, 15) is 4.79 Å². The van der Waals surface area contributed by atoms with Gasteiger partial charge < -0.3 is 0 Å². The minimum absolute atomic E-state index is 0.112. The number of aromatic nitrogens is 2. The van der Waals surface area contributed by atoms with Gasteiger partial charge in [0.2, 0.25) is 0 Å². The maximum atomic E-state index is 11.7. The van der Waals surface area contributed by atoms with Gasteiger partial charge in [-0.25, -0.2) is 4.79 Å². The molecule has 0 unspecified atom stereocenters. The summed E-state index contributed by atoms with van der Waals surface area (Å²) in [6.45, 7) is 3.57. The van der Waals surface area contributed by atoms with Crippen LogP contribution in [0.5, 0.6) is 0 Å². The zero-order valence-corrected chi connectivity index (χ0v) is 9.33. The summed E-state index contributed by atoms with van der Waals surface area (Å²) in [7, 11) is 0. The smallest absolute Gasteiger partial charge is 0.300 e. The van der Waals surface area contributed by atoms with Crippen LogP contribution in [0.2, 0.25) is 0 Å². The van der Waals surface area contributed by atoms with Crippen LogP contribution in [0.4, 0.5) is 0 Å². The lowest BCUT2D eigenvalue weighted by Crippen LogP contribution is -2.27. The maximum Gasteiger partial charge on any atom is 0.328 e. The first-order valence-electron chi connectivity index (χ1n) is 5.07. The van der Waals surface area contributed by atoms with Crippen molar-refractivity contribution in [3.63, 3.8) is 0 Å². The normalized spacial score (nSPS) is 18.4. The molecule has 1 heterocycles. The molecule has 0 atom stereocenters. The Morgan fingerprint density at radius 3 is 2.50 bits per heavy atom. The van der Waals surface area contributed by atoms with Crippen LogP contribution in [-0.2, 0) is 13.1 Å². The Kier molecular flexibility index (Phi) is 2.47. The number of hydrogen-bond acceptors (Lipinski definition) is 2. The Morgan fingerprint density at radius 1 is 1.43 bits per heavy atom. The summed E-state index contributed by atoms with van der Waals surface area (Å²) in [5, 5.41) is 0. The van der Waals surface area contributed by atoms with E-state index in [1.165, 1.54) is 12.8 Å². The number of hydrogen-bond donors (Lipinski definition) is 1. The van der Waals surface area contributed by atoms with Crippen molar-refractivity contribution in [1.82, 2.24) is 9.13 Å². The van der Waals surface area contributed by atoms with Crippen molar-refractivity contribution >= 4 is 12.6 Å². The third-order valence-corrected chi connectivity index (χ3v) is 3.73. The Hall–Kier alpha value is -0.640. The molecular weight excluding hydrogens is 196 g/mol. The van der Waals surface area contributed by atoms with Crippen molar-refractivity contribution in [2.75, 3.05) is 5.75 Å². The molecule has 1 aromatic rings. The van der Waals surface area contributed by atoms with Gasteiger partial charge in [-0.1, -0.05) is 0 Å². The van der Waals surface area contributed by atoms with E-state index >= 15 is 0 Å². The zero-order chi connectivity index (χ0) is 10.2. The van der Waals surface area contributed by atoms with Crippen LogP contribution >= 0.6 is 12.6 Å². The Bertz CT molecular complexity index is 376. The second-order valence-electron chi connectivity index (χ2n) is 4.15. The summed E-state index contributed by atoms with van der Waals surface area (Å²) in [6, 6.07) is 0. The molecule has 0 aromatic carbocycles. The number of imidazole rings is 1. The van der Waals surface area contributed by atoms with E-state index in [2.05, 4.69) is 12.6 Å². The molecule has 1 aliphatic carbocycles. The van der Waals surface area contributed by atoms with Crippen LogP contribution in [0.3, 0.4) is 0 Å². The van der Waals surface area contributed by atoms with Crippen molar-refractivity contribution in [2.24, 2.45) is 5.41 Å². The van der Waals surface area contributed by atoms with Crippen LogP contribution < -0.4 is 5.69 Å². The number of thiol groups is 1. The quantitative estimate of drug-likeness (QED) is 0.750. The molecule has 1 fully saturated rings. The fourth-order valence-electron chi connectivity index (χ4n) is 1.72. The number of nitrogens with zero attached hydrogens (tertiary/aromatic N) is 2. The molecular formula is C10H16N2OS. The Morgan fingerprint density at radius 2 is 2.07 bits per heavy atom. The highest BCUT2D eigenvalue weighted by atomic mass is 32.1. The molecule has 0 bridgehead atoms. The topological polar surface area (TPSA) is 26.9 Å². The van der Waals surface area contributed by atoms with E-state index in [4.69, 9.17) is 0 Å². The first-order valence-corrected chi connectivity index (χ1v) is 5.70. The molecule has 1 aliphatic rings. The molecule has 14 heavy (non-hydrogen) atoms. The van der Waals surface area contributed by atoms with Gasteiger partial charge in [-0.2, -0.15) is 12.6 Å². The van der Waals surface area contributed by atoms with Crippen LogP contribution in [-0.4, -0.2) is 14.9 Å². The largest absolute Gasteiger partial charge is 0.328 e. The van der Waals surface area contributed by atoms with Crippen molar-refractivity contribution in [3.05, 3.63) is 22.9 Å². The molecule has 2 rings (SSSR count). The van der Waals surface area contributed by atoms with Crippen LogP contribution in [0.15, 0.2) is 17.2 Å². The first kappa shape index (κ1) is 9.90. The average Bonchev–Trinajstić information content (AvgIpc) is 2.89. The molecule has 0 saturated heterocycles. The van der Waals surface area contributed by atoms with Gasteiger partial charge in [0.15, 0.2) is 0 Å². The maximum absolute atomic E-state index is 11.7. The second kappa shape index (κ2) is 3.50. The summed E-state index contributed by atoms with van der Waals surface area (Å²) in [5.74, 6) is 0.886. The SMILES string of the molecule is CCn1ccn(CC2(CS)CC2)c1=O. The predicted molar refractivity (Wildman–Crippen MR) is 59.9 cm³/mol. The lowest BCUT2D eigenvalue weighted by Gasteiger charge is -2.11. The monoisotopic (exact) mass is 212 g/mol. The minimum Gasteiger partial charge on any atom is -0.300 e. The van der Waals surface area contributed by atoms with Gasteiger partial charge >= 0.3 is 5.69 Å². The van der Waals surface area contributed by atoms with Crippen LogP contribution in [0.1, 0.15) is 19.8 Å². The molecule has 78 valence electrons. The Labute approximate surface area is 89.1 Å². The summed E-state index contributed by atoms with van der Waals surface area (Å²) < 4.78 is 3.54. The highest BCUT2D eigenvalue weighted by Gasteiger charge is 2.41. The number of rotatable bonds is 4. The lowest BCUT2D eigenvalue weighted by molar-refractivity contribution is 0.458. The standard InChI is InChI=1S/C10H16N2OS/c1-2-11-5-6-12(9(11)13)7-10(8-14)3-4-10/h5-6,14H,2-4,7-8H2,1H3. The van der Waals surface area contributed by atoms with E-state index in [1.807, 2.05) is 23.9 Å². The molecule has 4 heteroatoms. The van der Waals surface area contributed by atoms with Gasteiger partial charge in [-0.05, 0) is 30.9 Å². The van der Waals surface area contributed by atoms with Gasteiger partial charge in [0.25, 0.3) is 0 Å². The van der Waals surface area contributed by atoms with Crippen molar-refractivity contribution in [2.45, 2.75) is 32.9 Å². The molecule has 0 amide bonds. The minimum atomic E-state index is 0.112. The van der Waals surface area contributed by atoms with Gasteiger partial charge in [0.1, 0.15) is 0 Å². The van der Waals surface area contributed by atoms with Crippen molar-refractivity contribution < 1.29 is 0 Å². The third-order valence-electron chi connectivity index (χ3n) is 3.06. The first-order chi connectivity index (χ1) is 6.71. The fourth-order valence-corrected chi connectivity index (χ4v) is 2.14. The molecule has 0 N–H and O–H groups in total. The van der Waals surface area contributed by atoms with E-state index in [1.54, 1.807) is 4.57 Å². The van der Waals surface area contributed by atoms with Crippen molar-refractivity contribution in [3.8, 4) is 0 Å². The molecule has 0 aliphatic heterocycles. The fraction of sp³-hybridized carbons (Fsp3) is 0.700. The zero-order valence-electron chi connectivity index (χ0n) is 8.44. The molecule has 1 saturated carbocycles. The van der Waals surface area contributed by atoms with Crippen molar-refractivity contribution in [1.29, 1.82) is 0 Å². The third kappa shape index (κ3) is 1.63. The molecule has 1 aromatic heterocycles. The van der Waals surface area contributed by atoms with E-state index in [0.29, 0.717) is 5.41 Å². The average molecular weight is 212 g/mol. The van der Waals surface area contributed by atoms with Gasteiger partial charge in [0.05, 0.1) is 0 Å². The highest BCUT2D eigenvalue weighted by molar-refractivity contribution is 7.80. The predicted octanol–water partition coefficient (Wildman–Crippen LogP) is 1.38. The Balaban J connectivity index is 2.17. The number of aryl methyl sites for hydroxylation is 1. The van der Waals surface area contributed by atoms with Crippen LogP contribution in [0, 0.1) is 5.41 Å². The van der Waals surface area contributed by atoms with Gasteiger partial charge in [-0.15, -0.1) is 0 Å². The summed E-state index contributed by atoms with van der Waals surface area (Å²) in [6.07, 6.45) is 6.16. The second-order valence-corrected chi connectivity index (χ2v) is 4.47. The summed E-state index contributed by atoms with van der Waals surface area (Å²) in [4.78, 5) is 11.7. The van der Waals surface area contributed by atoms with E-state index in [0.717, 1.165) is 18.8 Å². The van der Waals surface area contributed by atoms with E-state index in [-0.39, 0.29) is 5.69 Å².